The molecule has 2 amide bonds. The quantitative estimate of drug-likeness (QED) is 0.844. The van der Waals surface area contributed by atoms with Crippen LogP contribution < -0.4 is 15.8 Å². The Labute approximate surface area is 138 Å². The molecule has 0 saturated carbocycles. The summed E-state index contributed by atoms with van der Waals surface area (Å²) in [6, 6.07) is 5.25. The molecule has 1 rings (SSSR count). The number of carbonyl (C=O) groups excluding carboxylic acids is 2. The Kier molecular flexibility index (Phi) is 6.19. The second-order valence-electron chi connectivity index (χ2n) is 7.21. The van der Waals surface area contributed by atoms with E-state index in [0.29, 0.717) is 5.75 Å². The predicted octanol–water partition coefficient (Wildman–Crippen LogP) is 2.30. The van der Waals surface area contributed by atoms with Gasteiger partial charge < -0.3 is 15.8 Å². The molecule has 0 fully saturated rings. The zero-order valence-corrected chi connectivity index (χ0v) is 14.9. The Morgan fingerprint density at radius 2 is 1.87 bits per heavy atom. The molecule has 5 heteroatoms. The molecule has 23 heavy (non-hydrogen) atoms. The van der Waals surface area contributed by atoms with Gasteiger partial charge in [-0.25, -0.2) is 0 Å². The first-order valence-corrected chi connectivity index (χ1v) is 7.85. The van der Waals surface area contributed by atoms with E-state index in [1.165, 1.54) is 5.56 Å². The second-order valence-corrected chi connectivity index (χ2v) is 7.21. The van der Waals surface area contributed by atoms with Crippen molar-refractivity contribution in [2.24, 2.45) is 11.7 Å². The average Bonchev–Trinajstić information content (AvgIpc) is 2.41. The highest BCUT2D eigenvalue weighted by molar-refractivity contribution is 5.87. The van der Waals surface area contributed by atoms with Crippen LogP contribution in [0.1, 0.15) is 45.7 Å². The van der Waals surface area contributed by atoms with E-state index in [0.717, 1.165) is 5.56 Å². The summed E-state index contributed by atoms with van der Waals surface area (Å²) in [5.74, 6) is -0.307. The zero-order valence-electron chi connectivity index (χ0n) is 14.9. The lowest BCUT2D eigenvalue weighted by Crippen LogP contribution is -2.49. The van der Waals surface area contributed by atoms with Gasteiger partial charge in [-0.1, -0.05) is 46.8 Å². The van der Waals surface area contributed by atoms with E-state index in [9.17, 15) is 9.59 Å². The minimum absolute atomic E-state index is 0.0621. The fourth-order valence-corrected chi connectivity index (χ4v) is 2.20. The summed E-state index contributed by atoms with van der Waals surface area (Å²) in [5.41, 5.74) is 7.52. The summed E-state index contributed by atoms with van der Waals surface area (Å²) >= 11 is 0. The van der Waals surface area contributed by atoms with Crippen LogP contribution in [0.3, 0.4) is 0 Å². The van der Waals surface area contributed by atoms with Crippen molar-refractivity contribution < 1.29 is 14.3 Å². The van der Waals surface area contributed by atoms with Gasteiger partial charge in [0, 0.05) is 0 Å². The number of amides is 2. The van der Waals surface area contributed by atoms with Crippen LogP contribution in [0.4, 0.5) is 0 Å². The van der Waals surface area contributed by atoms with Crippen molar-refractivity contribution in [1.82, 2.24) is 5.32 Å². The van der Waals surface area contributed by atoms with Crippen LogP contribution in [-0.4, -0.2) is 24.5 Å². The van der Waals surface area contributed by atoms with Crippen molar-refractivity contribution in [2.75, 3.05) is 6.61 Å². The highest BCUT2D eigenvalue weighted by Gasteiger charge is 2.22. The van der Waals surface area contributed by atoms with Gasteiger partial charge >= 0.3 is 0 Å². The van der Waals surface area contributed by atoms with Crippen LogP contribution in [0.15, 0.2) is 18.2 Å². The highest BCUT2D eigenvalue weighted by atomic mass is 16.5. The van der Waals surface area contributed by atoms with Crippen LogP contribution in [-0.2, 0) is 15.0 Å². The molecular formula is C18H28N2O3. The van der Waals surface area contributed by atoms with Gasteiger partial charge in [0.25, 0.3) is 5.91 Å². The van der Waals surface area contributed by atoms with Crippen molar-refractivity contribution in [2.45, 2.75) is 53.0 Å². The molecule has 1 unspecified atom stereocenters. The molecule has 1 aromatic rings. The summed E-state index contributed by atoms with van der Waals surface area (Å²) in [6.07, 6.45) is 0. The highest BCUT2D eigenvalue weighted by Crippen LogP contribution is 2.27. The summed E-state index contributed by atoms with van der Waals surface area (Å²) < 4.78 is 5.56. The predicted molar refractivity (Wildman–Crippen MR) is 91.3 cm³/mol. The smallest absolute Gasteiger partial charge is 0.258 e. The molecule has 0 spiro atoms. The zero-order chi connectivity index (χ0) is 17.8. The third-order valence-corrected chi connectivity index (χ3v) is 3.69. The molecule has 1 atom stereocenters. The maximum Gasteiger partial charge on any atom is 0.258 e. The normalized spacial score (nSPS) is 12.8. The maximum atomic E-state index is 11.9. The standard InChI is InChI=1S/C18H28N2O3/c1-11(2)16(17(19)22)20-15(21)10-23-14-8-7-13(9-12(14)3)18(4,5)6/h7-9,11,16H,10H2,1-6H3,(H2,19,22)(H,20,21). The van der Waals surface area contributed by atoms with Crippen molar-refractivity contribution >= 4 is 11.8 Å². The van der Waals surface area contributed by atoms with Crippen molar-refractivity contribution in [3.63, 3.8) is 0 Å². The summed E-state index contributed by atoms with van der Waals surface area (Å²) in [7, 11) is 0. The third kappa shape index (κ3) is 5.58. The van der Waals surface area contributed by atoms with Crippen LogP contribution in [0.2, 0.25) is 0 Å². The van der Waals surface area contributed by atoms with Gasteiger partial charge in [0.15, 0.2) is 6.61 Å². The Morgan fingerprint density at radius 1 is 1.26 bits per heavy atom. The van der Waals surface area contributed by atoms with Crippen molar-refractivity contribution in [3.8, 4) is 5.75 Å². The van der Waals surface area contributed by atoms with Gasteiger partial charge in [0.1, 0.15) is 11.8 Å². The molecule has 0 aliphatic heterocycles. The van der Waals surface area contributed by atoms with E-state index in [2.05, 4.69) is 32.2 Å². The monoisotopic (exact) mass is 320 g/mol. The Morgan fingerprint density at radius 3 is 2.30 bits per heavy atom. The summed E-state index contributed by atoms with van der Waals surface area (Å²) in [5, 5.41) is 2.60. The SMILES string of the molecule is Cc1cc(C(C)(C)C)ccc1OCC(=O)NC(C(N)=O)C(C)C. The van der Waals surface area contributed by atoms with Gasteiger partial charge in [-0.15, -0.1) is 0 Å². The van der Waals surface area contributed by atoms with Crippen LogP contribution in [0, 0.1) is 12.8 Å². The number of rotatable bonds is 6. The first-order chi connectivity index (χ1) is 10.5. The van der Waals surface area contributed by atoms with E-state index in [1.807, 2.05) is 32.9 Å². The van der Waals surface area contributed by atoms with Crippen LogP contribution in [0.25, 0.3) is 0 Å². The van der Waals surface area contributed by atoms with E-state index < -0.39 is 11.9 Å². The molecule has 3 N–H and O–H groups in total. The Hall–Kier alpha value is -2.04. The lowest BCUT2D eigenvalue weighted by Gasteiger charge is -2.21. The van der Waals surface area contributed by atoms with Gasteiger partial charge in [0.2, 0.25) is 5.91 Å². The number of aryl methyl sites for hydroxylation is 1. The van der Waals surface area contributed by atoms with Crippen molar-refractivity contribution in [1.29, 1.82) is 0 Å². The van der Waals surface area contributed by atoms with E-state index in [4.69, 9.17) is 10.5 Å². The largest absolute Gasteiger partial charge is 0.484 e. The molecule has 0 aromatic heterocycles. The van der Waals surface area contributed by atoms with Gasteiger partial charge in [-0.3, -0.25) is 9.59 Å². The summed E-state index contributed by atoms with van der Waals surface area (Å²) in [6.45, 7) is 11.9. The molecule has 0 aliphatic carbocycles. The maximum absolute atomic E-state index is 11.9. The number of carbonyl (C=O) groups is 2. The molecule has 0 heterocycles. The minimum atomic E-state index is -0.685. The topological polar surface area (TPSA) is 81.4 Å². The van der Waals surface area contributed by atoms with Gasteiger partial charge in [-0.2, -0.15) is 0 Å². The fraction of sp³-hybridized carbons (Fsp3) is 0.556. The number of benzene rings is 1. The third-order valence-electron chi connectivity index (χ3n) is 3.69. The molecule has 0 radical (unpaired) electrons. The van der Waals surface area contributed by atoms with Crippen LogP contribution in [0.5, 0.6) is 5.75 Å². The van der Waals surface area contributed by atoms with E-state index in [1.54, 1.807) is 0 Å². The lowest BCUT2D eigenvalue weighted by atomic mass is 9.86. The summed E-state index contributed by atoms with van der Waals surface area (Å²) in [4.78, 5) is 23.2. The van der Waals surface area contributed by atoms with Gasteiger partial charge in [0.05, 0.1) is 0 Å². The molecule has 128 valence electrons. The first kappa shape index (κ1) is 19.0. The fourth-order valence-electron chi connectivity index (χ4n) is 2.20. The van der Waals surface area contributed by atoms with E-state index >= 15 is 0 Å². The van der Waals surface area contributed by atoms with E-state index in [-0.39, 0.29) is 23.8 Å². The number of ether oxygens (including phenoxy) is 1. The molecule has 1 aromatic carbocycles. The van der Waals surface area contributed by atoms with Crippen molar-refractivity contribution in [3.05, 3.63) is 29.3 Å². The second kappa shape index (κ2) is 7.49. The number of nitrogens with two attached hydrogens (primary N) is 1. The number of hydrogen-bond donors (Lipinski definition) is 2. The molecule has 0 aliphatic rings. The molecule has 0 saturated heterocycles. The number of hydrogen-bond acceptors (Lipinski definition) is 3. The average molecular weight is 320 g/mol. The molecule has 5 nitrogen and oxygen atoms in total. The van der Waals surface area contributed by atoms with Gasteiger partial charge in [-0.05, 0) is 35.4 Å². The number of nitrogens with one attached hydrogen (secondary N) is 1. The molecular weight excluding hydrogens is 292 g/mol. The Bertz CT molecular complexity index is 574. The minimum Gasteiger partial charge on any atom is -0.484 e. The Balaban J connectivity index is 2.68. The number of primary amides is 1. The van der Waals surface area contributed by atoms with Crippen LogP contribution >= 0.6 is 0 Å². The lowest BCUT2D eigenvalue weighted by molar-refractivity contribution is -0.129. The first-order valence-electron chi connectivity index (χ1n) is 7.85. The molecule has 0 bridgehead atoms.